The lowest BCUT2D eigenvalue weighted by Crippen LogP contribution is -2.32. The highest BCUT2D eigenvalue weighted by Crippen LogP contribution is 2.31. The average Bonchev–Trinajstić information content (AvgIpc) is 2.66. The third-order valence-corrected chi connectivity index (χ3v) is 5.32. The Morgan fingerprint density at radius 2 is 1.85 bits per heavy atom. The van der Waals surface area contributed by atoms with Gasteiger partial charge in [0.25, 0.3) is 0 Å². The minimum Gasteiger partial charge on any atom is -0.507 e. The second-order valence-corrected chi connectivity index (χ2v) is 7.25. The maximum Gasteiger partial charge on any atom is 0.344 e. The minimum atomic E-state index is -0.372. The zero-order chi connectivity index (χ0) is 18.1. The number of benzene rings is 2. The van der Waals surface area contributed by atoms with Crippen LogP contribution in [-0.4, -0.2) is 23.1 Å². The van der Waals surface area contributed by atoms with Gasteiger partial charge in [-0.1, -0.05) is 37.3 Å². The van der Waals surface area contributed by atoms with E-state index in [1.807, 2.05) is 42.5 Å². The number of hydrogen-bond donors (Lipinski definition) is 1. The smallest absolute Gasteiger partial charge is 0.344 e. The van der Waals surface area contributed by atoms with Crippen LogP contribution in [-0.2, 0) is 6.54 Å². The summed E-state index contributed by atoms with van der Waals surface area (Å²) in [5.74, 6) is 0.936. The molecule has 2 heterocycles. The Bertz CT molecular complexity index is 970. The first-order valence-electron chi connectivity index (χ1n) is 9.18. The van der Waals surface area contributed by atoms with E-state index in [-0.39, 0.29) is 11.4 Å². The van der Waals surface area contributed by atoms with Crippen molar-refractivity contribution in [2.45, 2.75) is 26.3 Å². The molecule has 1 aliphatic heterocycles. The van der Waals surface area contributed by atoms with Crippen LogP contribution in [0.15, 0.2) is 57.7 Å². The molecule has 1 N–H and O–H groups in total. The first-order valence-corrected chi connectivity index (χ1v) is 9.18. The topological polar surface area (TPSA) is 53.7 Å². The lowest BCUT2D eigenvalue weighted by Gasteiger charge is -2.30. The molecule has 4 heteroatoms. The van der Waals surface area contributed by atoms with Crippen LogP contribution in [0.2, 0.25) is 0 Å². The predicted octanol–water partition coefficient (Wildman–Crippen LogP) is 4.40. The second-order valence-electron chi connectivity index (χ2n) is 7.25. The Morgan fingerprint density at radius 3 is 2.58 bits per heavy atom. The van der Waals surface area contributed by atoms with Crippen LogP contribution in [0.4, 0.5) is 0 Å². The third-order valence-electron chi connectivity index (χ3n) is 5.32. The molecule has 0 spiro atoms. The fourth-order valence-corrected chi connectivity index (χ4v) is 3.65. The summed E-state index contributed by atoms with van der Waals surface area (Å²) < 4.78 is 5.68. The van der Waals surface area contributed by atoms with Gasteiger partial charge in [0.2, 0.25) is 0 Å². The van der Waals surface area contributed by atoms with Crippen molar-refractivity contribution in [1.82, 2.24) is 4.90 Å². The van der Waals surface area contributed by atoms with Gasteiger partial charge in [-0.25, -0.2) is 4.79 Å². The van der Waals surface area contributed by atoms with Crippen LogP contribution in [0.25, 0.3) is 22.1 Å². The Hall–Kier alpha value is -2.59. The van der Waals surface area contributed by atoms with E-state index in [1.165, 1.54) is 0 Å². The van der Waals surface area contributed by atoms with Crippen molar-refractivity contribution in [1.29, 1.82) is 0 Å². The Balaban J connectivity index is 1.75. The highest BCUT2D eigenvalue weighted by atomic mass is 16.4. The monoisotopic (exact) mass is 349 g/mol. The summed E-state index contributed by atoms with van der Waals surface area (Å²) in [6.07, 6.45) is 2.32. The molecule has 1 saturated heterocycles. The molecule has 26 heavy (non-hydrogen) atoms. The molecule has 4 rings (SSSR count). The molecule has 0 atom stereocenters. The normalized spacial score (nSPS) is 16.2. The maximum atomic E-state index is 12.6. The molecule has 1 fully saturated rings. The van der Waals surface area contributed by atoms with Crippen LogP contribution < -0.4 is 5.63 Å². The van der Waals surface area contributed by atoms with E-state index in [1.54, 1.807) is 6.07 Å². The summed E-state index contributed by atoms with van der Waals surface area (Å²) in [5, 5.41) is 11.2. The third kappa shape index (κ3) is 3.25. The van der Waals surface area contributed by atoms with E-state index in [4.69, 9.17) is 4.42 Å². The average molecular weight is 349 g/mol. The molecular weight excluding hydrogens is 326 g/mol. The van der Waals surface area contributed by atoms with E-state index in [0.717, 1.165) is 42.8 Å². The van der Waals surface area contributed by atoms with Gasteiger partial charge >= 0.3 is 5.63 Å². The highest BCUT2D eigenvalue weighted by Gasteiger charge is 2.20. The largest absolute Gasteiger partial charge is 0.507 e. The number of nitrogens with zero attached hydrogens (tertiary/aromatic N) is 1. The lowest BCUT2D eigenvalue weighted by atomic mass is 9.98. The number of phenolic OH excluding ortho intramolecular Hbond substituents is 1. The van der Waals surface area contributed by atoms with Crippen LogP contribution in [0.3, 0.4) is 0 Å². The van der Waals surface area contributed by atoms with Gasteiger partial charge in [-0.05, 0) is 55.6 Å². The molecule has 1 aliphatic rings. The van der Waals surface area contributed by atoms with Crippen LogP contribution in [0.5, 0.6) is 5.75 Å². The quantitative estimate of drug-likeness (QED) is 0.712. The van der Waals surface area contributed by atoms with Crippen molar-refractivity contribution < 1.29 is 9.52 Å². The summed E-state index contributed by atoms with van der Waals surface area (Å²) in [7, 11) is 0. The van der Waals surface area contributed by atoms with Gasteiger partial charge in [-0.2, -0.15) is 0 Å². The van der Waals surface area contributed by atoms with Gasteiger partial charge in [0.1, 0.15) is 11.3 Å². The first kappa shape index (κ1) is 16.9. The van der Waals surface area contributed by atoms with E-state index in [2.05, 4.69) is 11.8 Å². The fraction of sp³-hybridized carbons (Fsp3) is 0.318. The van der Waals surface area contributed by atoms with Crippen molar-refractivity contribution in [2.75, 3.05) is 13.1 Å². The SMILES string of the molecule is CC1CCN(Cc2c(O)ccc3cc(-c4ccccc4)c(=O)oc23)CC1. The Labute approximate surface area is 152 Å². The second kappa shape index (κ2) is 6.96. The van der Waals surface area contributed by atoms with Crippen molar-refractivity contribution in [3.63, 3.8) is 0 Å². The summed E-state index contributed by atoms with van der Waals surface area (Å²) in [5.41, 5.74) is 2.20. The first-order chi connectivity index (χ1) is 12.6. The van der Waals surface area contributed by atoms with E-state index < -0.39 is 0 Å². The fourth-order valence-electron chi connectivity index (χ4n) is 3.65. The summed E-state index contributed by atoms with van der Waals surface area (Å²) in [4.78, 5) is 14.9. The van der Waals surface area contributed by atoms with Crippen LogP contribution in [0.1, 0.15) is 25.3 Å². The van der Waals surface area contributed by atoms with Crippen molar-refractivity contribution >= 4 is 11.0 Å². The molecule has 0 saturated carbocycles. The number of aromatic hydroxyl groups is 1. The van der Waals surface area contributed by atoms with Crippen molar-refractivity contribution in [3.8, 4) is 16.9 Å². The molecule has 0 bridgehead atoms. The molecule has 2 aromatic carbocycles. The molecular formula is C22H23NO3. The van der Waals surface area contributed by atoms with Gasteiger partial charge in [0.15, 0.2) is 0 Å². The van der Waals surface area contributed by atoms with Crippen molar-refractivity contribution in [3.05, 3.63) is 64.5 Å². The van der Waals surface area contributed by atoms with Crippen LogP contribution >= 0.6 is 0 Å². The van der Waals surface area contributed by atoms with Gasteiger partial charge in [-0.3, -0.25) is 4.90 Å². The number of hydrogen-bond acceptors (Lipinski definition) is 4. The predicted molar refractivity (Wildman–Crippen MR) is 103 cm³/mol. The minimum absolute atomic E-state index is 0.187. The summed E-state index contributed by atoms with van der Waals surface area (Å²) >= 11 is 0. The zero-order valence-corrected chi connectivity index (χ0v) is 14.9. The molecule has 3 aromatic rings. The number of likely N-dealkylation sites (tertiary alicyclic amines) is 1. The van der Waals surface area contributed by atoms with E-state index >= 15 is 0 Å². The maximum absolute atomic E-state index is 12.6. The van der Waals surface area contributed by atoms with Gasteiger partial charge in [0, 0.05) is 11.9 Å². The number of fused-ring (bicyclic) bond motifs is 1. The van der Waals surface area contributed by atoms with Gasteiger partial charge in [-0.15, -0.1) is 0 Å². The van der Waals surface area contributed by atoms with E-state index in [9.17, 15) is 9.90 Å². The molecule has 0 amide bonds. The summed E-state index contributed by atoms with van der Waals surface area (Å²) in [6.45, 7) is 4.88. The standard InChI is InChI=1S/C22H23NO3/c1-15-9-11-23(12-10-15)14-19-20(24)8-7-17-13-18(22(25)26-21(17)19)16-5-3-2-4-6-16/h2-8,13,15,24H,9-12,14H2,1H3. The number of phenols is 1. The number of rotatable bonds is 3. The molecule has 134 valence electrons. The molecule has 4 nitrogen and oxygen atoms in total. The number of piperidine rings is 1. The van der Waals surface area contributed by atoms with Crippen molar-refractivity contribution in [2.24, 2.45) is 5.92 Å². The Morgan fingerprint density at radius 1 is 1.12 bits per heavy atom. The highest BCUT2D eigenvalue weighted by molar-refractivity contribution is 5.85. The zero-order valence-electron chi connectivity index (χ0n) is 14.9. The van der Waals surface area contributed by atoms with Crippen LogP contribution in [0, 0.1) is 5.92 Å². The molecule has 0 unspecified atom stereocenters. The van der Waals surface area contributed by atoms with Gasteiger partial charge < -0.3 is 9.52 Å². The lowest BCUT2D eigenvalue weighted by molar-refractivity contribution is 0.183. The Kier molecular flexibility index (Phi) is 4.51. The summed E-state index contributed by atoms with van der Waals surface area (Å²) in [6, 6.07) is 14.9. The van der Waals surface area contributed by atoms with E-state index in [0.29, 0.717) is 23.3 Å². The molecule has 0 radical (unpaired) electrons. The molecule has 1 aromatic heterocycles. The molecule has 0 aliphatic carbocycles. The van der Waals surface area contributed by atoms with Gasteiger partial charge in [0.05, 0.1) is 11.1 Å².